The van der Waals surface area contributed by atoms with E-state index in [0.717, 1.165) is 10.9 Å². The van der Waals surface area contributed by atoms with Crippen LogP contribution >= 0.6 is 62.3 Å². The van der Waals surface area contributed by atoms with E-state index in [1.54, 1.807) is 6.07 Å². The third kappa shape index (κ3) is 3.58. The zero-order valence-electron chi connectivity index (χ0n) is 10.2. The maximum absolute atomic E-state index is 13.6. The minimum Gasteiger partial charge on any atom is -0.249 e. The Morgan fingerprint density at radius 3 is 2.36 bits per heavy atom. The Morgan fingerprint density at radius 1 is 1.36 bits per heavy atom. The summed E-state index contributed by atoms with van der Waals surface area (Å²) in [5, 5.41) is 13.5. The van der Waals surface area contributed by atoms with Crippen LogP contribution < -0.4 is 0 Å². The van der Waals surface area contributed by atoms with Gasteiger partial charge in [-0.15, -0.1) is 0 Å². The zero-order chi connectivity index (χ0) is 16.7. The van der Waals surface area contributed by atoms with Crippen LogP contribution in [0.5, 0.6) is 0 Å². The molecule has 0 N–H and O–H groups in total. The molecule has 0 aliphatic carbocycles. The van der Waals surface area contributed by atoms with Gasteiger partial charge in [0.2, 0.25) is 0 Å². The van der Waals surface area contributed by atoms with E-state index in [1.165, 1.54) is 12.1 Å². The maximum Gasteiger partial charge on any atom is 0.316 e. The van der Waals surface area contributed by atoms with Crippen LogP contribution in [-0.4, -0.2) is 17.4 Å². The summed E-state index contributed by atoms with van der Waals surface area (Å²) >= 11 is 25.7. The number of hydrogen-bond acceptors (Lipinski definition) is 3. The number of rotatable bonds is 3. The molecule has 0 radical (unpaired) electrons. The van der Waals surface area contributed by atoms with Crippen molar-refractivity contribution in [2.75, 3.05) is 0 Å². The highest BCUT2D eigenvalue weighted by molar-refractivity contribution is 9.12. The topological polar surface area (TPSA) is 58.7 Å². The lowest BCUT2D eigenvalue weighted by atomic mass is 10.3. The van der Waals surface area contributed by atoms with Crippen LogP contribution in [0.1, 0.15) is 5.69 Å². The molecule has 0 fully saturated rings. The van der Waals surface area contributed by atoms with Gasteiger partial charge in [-0.2, -0.15) is 14.8 Å². The summed E-state index contributed by atoms with van der Waals surface area (Å²) in [6, 6.07) is 4.54. The van der Waals surface area contributed by atoms with Crippen LogP contribution in [0, 0.1) is 11.3 Å². The zero-order valence-corrected chi connectivity index (χ0v) is 15.6. The molecule has 0 aliphatic heterocycles. The van der Waals surface area contributed by atoms with Gasteiger partial charge in [0.25, 0.3) is 0 Å². The monoisotopic (exact) mass is 463 g/mol. The Morgan fingerprint density at radius 2 is 1.91 bits per heavy atom. The smallest absolute Gasteiger partial charge is 0.249 e. The quantitative estimate of drug-likeness (QED) is 0.597. The molecular weight excluding hydrogens is 463 g/mol. The van der Waals surface area contributed by atoms with Crippen LogP contribution in [-0.2, 0) is 10.8 Å². The Kier molecular flexibility index (Phi) is 5.42. The molecule has 2 aromatic rings. The van der Waals surface area contributed by atoms with E-state index < -0.39 is 14.2 Å². The van der Waals surface area contributed by atoms with Gasteiger partial charge in [0.15, 0.2) is 5.69 Å². The molecule has 0 spiro atoms. The standard InChI is InChI=1S/C11H3BrCl4FN3OS/c12-11(16,17)22(21)9-4-20(19-8(9)3-18)10-6(14)1-5(13)2-7(10)15/h1-2,4H. The van der Waals surface area contributed by atoms with Crippen molar-refractivity contribution in [2.45, 2.75) is 8.26 Å². The maximum atomic E-state index is 13.6. The van der Waals surface area contributed by atoms with E-state index in [0.29, 0.717) is 5.02 Å². The van der Waals surface area contributed by atoms with Crippen LogP contribution in [0.4, 0.5) is 4.39 Å². The van der Waals surface area contributed by atoms with E-state index in [9.17, 15) is 8.60 Å². The first-order chi connectivity index (χ1) is 10.1. The molecule has 22 heavy (non-hydrogen) atoms. The van der Waals surface area contributed by atoms with Gasteiger partial charge in [-0.3, -0.25) is 0 Å². The Hall–Kier alpha value is -0.360. The normalized spacial score (nSPS) is 15.1. The molecule has 1 aromatic carbocycles. The minimum absolute atomic E-state index is 0.151. The van der Waals surface area contributed by atoms with Crippen LogP contribution in [0.2, 0.25) is 15.1 Å². The fourth-order valence-corrected chi connectivity index (χ4v) is 4.03. The lowest BCUT2D eigenvalue weighted by Gasteiger charge is -2.08. The van der Waals surface area contributed by atoms with E-state index in [-0.39, 0.29) is 26.3 Å². The highest BCUT2D eigenvalue weighted by Crippen LogP contribution is 2.36. The highest BCUT2D eigenvalue weighted by atomic mass is 79.9. The molecular formula is C11H3BrCl4FN3OS. The third-order valence-electron chi connectivity index (χ3n) is 2.41. The van der Waals surface area contributed by atoms with Gasteiger partial charge in [0.05, 0.1) is 10.0 Å². The average molecular weight is 466 g/mol. The van der Waals surface area contributed by atoms with Gasteiger partial charge < -0.3 is 0 Å². The van der Waals surface area contributed by atoms with Gasteiger partial charge in [-0.25, -0.2) is 8.89 Å². The van der Waals surface area contributed by atoms with Crippen molar-refractivity contribution in [2.24, 2.45) is 0 Å². The molecule has 0 aliphatic rings. The van der Waals surface area contributed by atoms with Crippen molar-refractivity contribution < 1.29 is 8.60 Å². The number of aromatic nitrogens is 2. The Balaban J connectivity index is 2.64. The molecule has 0 bridgehead atoms. The summed E-state index contributed by atoms with van der Waals surface area (Å²) < 4.78 is 23.9. The summed E-state index contributed by atoms with van der Waals surface area (Å²) in [5.74, 6) is 0. The van der Waals surface area contributed by atoms with Crippen molar-refractivity contribution in [1.29, 1.82) is 5.26 Å². The molecule has 2 unspecified atom stereocenters. The van der Waals surface area contributed by atoms with Gasteiger partial charge in [-0.1, -0.05) is 46.4 Å². The predicted molar refractivity (Wildman–Crippen MR) is 88.3 cm³/mol. The van der Waals surface area contributed by atoms with E-state index in [4.69, 9.17) is 51.7 Å². The average Bonchev–Trinajstić information content (AvgIpc) is 2.79. The molecule has 1 heterocycles. The third-order valence-corrected chi connectivity index (χ3v) is 5.62. The second-order valence-corrected chi connectivity index (χ2v) is 9.44. The molecule has 11 heteroatoms. The number of alkyl halides is 3. The molecule has 0 saturated carbocycles. The second kappa shape index (κ2) is 6.63. The van der Waals surface area contributed by atoms with Crippen molar-refractivity contribution in [3.63, 3.8) is 0 Å². The summed E-state index contributed by atoms with van der Waals surface area (Å²) in [7, 11) is -2.39. The summed E-state index contributed by atoms with van der Waals surface area (Å²) in [6.45, 7) is 0. The first-order valence-electron chi connectivity index (χ1n) is 5.28. The highest BCUT2D eigenvalue weighted by Gasteiger charge is 2.35. The molecule has 2 rings (SSSR count). The summed E-state index contributed by atoms with van der Waals surface area (Å²) in [4.78, 5) is -0.209. The number of benzene rings is 1. The van der Waals surface area contributed by atoms with Gasteiger partial charge in [-0.05, 0) is 28.1 Å². The molecule has 116 valence electrons. The SMILES string of the molecule is N#Cc1nn(-c2c(Cl)cc(Cl)cc2Cl)cc1S(=O)C(F)(Cl)Br. The summed E-state index contributed by atoms with van der Waals surface area (Å²) in [5.41, 5.74) is -0.0661. The van der Waals surface area contributed by atoms with E-state index >= 15 is 0 Å². The Bertz CT molecular complexity index is 792. The lowest BCUT2D eigenvalue weighted by molar-refractivity contribution is 0.513. The fraction of sp³-hybridized carbons (Fsp3) is 0.0909. The van der Waals surface area contributed by atoms with Crippen molar-refractivity contribution >= 4 is 73.1 Å². The predicted octanol–water partition coefficient (Wildman–Crippen LogP) is 5.03. The van der Waals surface area contributed by atoms with Crippen molar-refractivity contribution in [3.8, 4) is 11.8 Å². The number of halogens is 6. The van der Waals surface area contributed by atoms with Crippen LogP contribution in [0.15, 0.2) is 23.2 Å². The number of nitriles is 1. The van der Waals surface area contributed by atoms with Crippen LogP contribution in [0.3, 0.4) is 0 Å². The van der Waals surface area contributed by atoms with E-state index in [2.05, 4.69) is 21.0 Å². The summed E-state index contributed by atoms with van der Waals surface area (Å²) in [6.07, 6.45) is 1.16. The number of nitrogens with zero attached hydrogens (tertiary/aromatic N) is 3. The fourth-order valence-electron chi connectivity index (χ4n) is 1.56. The van der Waals surface area contributed by atoms with Gasteiger partial charge in [0.1, 0.15) is 27.5 Å². The Labute approximate surface area is 155 Å². The molecule has 1 aromatic heterocycles. The van der Waals surface area contributed by atoms with Crippen molar-refractivity contribution in [1.82, 2.24) is 9.78 Å². The van der Waals surface area contributed by atoms with Crippen LogP contribution in [0.25, 0.3) is 5.69 Å². The minimum atomic E-state index is -2.74. The van der Waals surface area contributed by atoms with E-state index in [1.807, 2.05) is 0 Å². The number of hydrogen-bond donors (Lipinski definition) is 0. The van der Waals surface area contributed by atoms with Gasteiger partial charge in [0, 0.05) is 11.2 Å². The molecule has 0 amide bonds. The van der Waals surface area contributed by atoms with Gasteiger partial charge >= 0.3 is 3.37 Å². The molecule has 2 atom stereocenters. The van der Waals surface area contributed by atoms with Crippen molar-refractivity contribution in [3.05, 3.63) is 39.1 Å². The largest absolute Gasteiger partial charge is 0.316 e. The first-order valence-corrected chi connectivity index (χ1v) is 8.74. The molecule has 4 nitrogen and oxygen atoms in total. The molecule has 0 saturated heterocycles. The first kappa shape index (κ1) is 18.0. The lowest BCUT2D eigenvalue weighted by Crippen LogP contribution is -2.13. The second-order valence-electron chi connectivity index (χ2n) is 3.83.